The zero-order valence-electron chi connectivity index (χ0n) is 16.4. The molecule has 0 aromatic carbocycles. The zero-order valence-corrected chi connectivity index (χ0v) is 18.1. The number of hydrogen-bond donors (Lipinski definition) is 1. The van der Waals surface area contributed by atoms with Crippen molar-refractivity contribution in [1.82, 2.24) is 14.9 Å². The Kier molecular flexibility index (Phi) is 6.68. The Morgan fingerprint density at radius 3 is 2.86 bits per heavy atom. The fourth-order valence-corrected chi connectivity index (χ4v) is 6.30. The van der Waals surface area contributed by atoms with Crippen LogP contribution in [0.15, 0.2) is 14.8 Å². The van der Waals surface area contributed by atoms with Crippen LogP contribution in [0, 0.1) is 0 Å². The summed E-state index contributed by atoms with van der Waals surface area (Å²) < 4.78 is 7.46. The van der Waals surface area contributed by atoms with Gasteiger partial charge < -0.3 is 10.1 Å². The largest absolute Gasteiger partial charge is 0.376 e. The van der Waals surface area contributed by atoms with Gasteiger partial charge >= 0.3 is 0 Å². The van der Waals surface area contributed by atoms with Crippen LogP contribution in [0.3, 0.4) is 0 Å². The highest BCUT2D eigenvalue weighted by Crippen LogP contribution is 2.36. The minimum atomic E-state index is -0.0202. The molecule has 1 amide bonds. The monoisotopic (exact) mass is 423 g/mol. The molecule has 1 aromatic rings. The van der Waals surface area contributed by atoms with Crippen LogP contribution in [0.2, 0.25) is 0 Å². The molecule has 1 aromatic heterocycles. The maximum absolute atomic E-state index is 13.2. The molecule has 1 aliphatic carbocycles. The summed E-state index contributed by atoms with van der Waals surface area (Å²) in [5.41, 5.74) is 1.02. The molecule has 2 atom stereocenters. The third-order valence-corrected chi connectivity index (χ3v) is 7.90. The first-order valence-electron chi connectivity index (χ1n) is 10.4. The first-order valence-corrected chi connectivity index (χ1v) is 12.3. The summed E-state index contributed by atoms with van der Waals surface area (Å²) in [6.45, 7) is 3.50. The number of carbonyl (C=O) groups excluding carboxylic acids is 1. The molecule has 1 saturated heterocycles. The van der Waals surface area contributed by atoms with Gasteiger partial charge in [-0.25, -0.2) is 4.98 Å². The SMILES string of the molecule is CC1Cc2nc(SCC(=O)NCC3CCCO3)n(C3CCCCC3)c(=O)c2S1. The molecule has 0 spiro atoms. The van der Waals surface area contributed by atoms with E-state index < -0.39 is 0 Å². The van der Waals surface area contributed by atoms with Crippen molar-refractivity contribution in [1.29, 1.82) is 0 Å². The molecule has 1 N–H and O–H groups in total. The van der Waals surface area contributed by atoms with Crippen LogP contribution in [-0.4, -0.2) is 45.7 Å². The Hall–Kier alpha value is -0.990. The van der Waals surface area contributed by atoms with E-state index in [2.05, 4.69) is 12.2 Å². The van der Waals surface area contributed by atoms with E-state index in [0.29, 0.717) is 11.8 Å². The second-order valence-corrected chi connectivity index (χ2v) is 10.4. The third kappa shape index (κ3) is 4.60. The molecule has 2 fully saturated rings. The number of aromatic nitrogens is 2. The molecule has 0 bridgehead atoms. The smallest absolute Gasteiger partial charge is 0.268 e. The molecule has 4 rings (SSSR count). The van der Waals surface area contributed by atoms with Crippen molar-refractivity contribution >= 4 is 29.4 Å². The lowest BCUT2D eigenvalue weighted by Gasteiger charge is -2.26. The van der Waals surface area contributed by atoms with Gasteiger partial charge in [0, 0.05) is 30.9 Å². The number of ether oxygens (including phenoxy) is 1. The lowest BCUT2D eigenvalue weighted by molar-refractivity contribution is -0.119. The second kappa shape index (κ2) is 9.22. The van der Waals surface area contributed by atoms with Gasteiger partial charge in [-0.05, 0) is 25.7 Å². The molecule has 2 aliphatic heterocycles. The predicted molar refractivity (Wildman–Crippen MR) is 112 cm³/mol. The highest BCUT2D eigenvalue weighted by atomic mass is 32.2. The van der Waals surface area contributed by atoms with Crippen molar-refractivity contribution in [3.63, 3.8) is 0 Å². The van der Waals surface area contributed by atoms with Crippen molar-refractivity contribution in [3.05, 3.63) is 16.0 Å². The predicted octanol–water partition coefficient (Wildman–Crippen LogP) is 3.17. The molecule has 154 valence electrons. The molecule has 3 aliphatic rings. The Balaban J connectivity index is 1.48. The number of rotatable bonds is 6. The summed E-state index contributed by atoms with van der Waals surface area (Å²) >= 11 is 3.06. The summed E-state index contributed by atoms with van der Waals surface area (Å²) in [5.74, 6) is 0.265. The molecular formula is C20H29N3O3S2. The number of nitrogens with zero attached hydrogens (tertiary/aromatic N) is 2. The Labute approximate surface area is 174 Å². The Morgan fingerprint density at radius 1 is 1.29 bits per heavy atom. The molecular weight excluding hydrogens is 394 g/mol. The van der Waals surface area contributed by atoms with Crippen molar-refractivity contribution in [2.45, 2.75) is 85.7 Å². The van der Waals surface area contributed by atoms with Gasteiger partial charge in [-0.3, -0.25) is 14.2 Å². The van der Waals surface area contributed by atoms with E-state index in [1.165, 1.54) is 18.2 Å². The average molecular weight is 424 g/mol. The van der Waals surface area contributed by atoms with E-state index in [0.717, 1.165) is 67.3 Å². The van der Waals surface area contributed by atoms with Gasteiger partial charge in [0.05, 0.1) is 22.4 Å². The van der Waals surface area contributed by atoms with E-state index in [1.54, 1.807) is 11.8 Å². The molecule has 28 heavy (non-hydrogen) atoms. The van der Waals surface area contributed by atoms with Crippen LogP contribution in [-0.2, 0) is 16.0 Å². The van der Waals surface area contributed by atoms with Gasteiger partial charge in [-0.15, -0.1) is 11.8 Å². The number of fused-ring (bicyclic) bond motifs is 1. The molecule has 2 unspecified atom stereocenters. The summed E-state index contributed by atoms with van der Waals surface area (Å²) in [7, 11) is 0. The van der Waals surface area contributed by atoms with Crippen molar-refractivity contribution < 1.29 is 9.53 Å². The fourth-order valence-electron chi connectivity index (χ4n) is 4.29. The van der Waals surface area contributed by atoms with Gasteiger partial charge in [0.2, 0.25) is 5.91 Å². The number of hydrogen-bond acceptors (Lipinski definition) is 6. The number of amides is 1. The lowest BCUT2D eigenvalue weighted by Crippen LogP contribution is -2.34. The number of nitrogens with one attached hydrogen (secondary N) is 1. The Bertz CT molecular complexity index is 771. The van der Waals surface area contributed by atoms with E-state index in [4.69, 9.17) is 9.72 Å². The summed E-state index contributed by atoms with van der Waals surface area (Å²) in [4.78, 5) is 31.2. The zero-order chi connectivity index (χ0) is 19.5. The maximum atomic E-state index is 13.2. The van der Waals surface area contributed by atoms with Gasteiger partial charge in [-0.1, -0.05) is 37.9 Å². The van der Waals surface area contributed by atoms with Crippen LogP contribution in [0.1, 0.15) is 63.6 Å². The molecule has 3 heterocycles. The van der Waals surface area contributed by atoms with Crippen LogP contribution in [0.4, 0.5) is 0 Å². The van der Waals surface area contributed by atoms with E-state index >= 15 is 0 Å². The lowest BCUT2D eigenvalue weighted by atomic mass is 9.95. The summed E-state index contributed by atoms with van der Waals surface area (Å²) in [6, 6.07) is 0.216. The molecule has 1 saturated carbocycles. The quantitative estimate of drug-likeness (QED) is 0.560. The standard InChI is InChI=1S/C20H29N3O3S2/c1-13-10-16-18(28-13)19(25)23(14-6-3-2-4-7-14)20(22-16)27-12-17(24)21-11-15-8-5-9-26-15/h13-15H,2-12H2,1H3,(H,21,24). The maximum Gasteiger partial charge on any atom is 0.268 e. The number of thioether (sulfide) groups is 2. The highest BCUT2D eigenvalue weighted by molar-refractivity contribution is 8.00. The second-order valence-electron chi connectivity index (χ2n) is 8.00. The van der Waals surface area contributed by atoms with Gasteiger partial charge in [0.1, 0.15) is 0 Å². The van der Waals surface area contributed by atoms with Crippen molar-refractivity contribution in [2.24, 2.45) is 0 Å². The van der Waals surface area contributed by atoms with E-state index in [1.807, 2.05) is 4.57 Å². The van der Waals surface area contributed by atoms with Gasteiger partial charge in [0.15, 0.2) is 5.16 Å². The third-order valence-electron chi connectivity index (χ3n) is 5.73. The van der Waals surface area contributed by atoms with E-state index in [-0.39, 0.29) is 29.4 Å². The van der Waals surface area contributed by atoms with Crippen LogP contribution < -0.4 is 10.9 Å². The highest BCUT2D eigenvalue weighted by Gasteiger charge is 2.29. The van der Waals surface area contributed by atoms with Crippen LogP contribution >= 0.6 is 23.5 Å². The van der Waals surface area contributed by atoms with E-state index in [9.17, 15) is 9.59 Å². The van der Waals surface area contributed by atoms with Crippen molar-refractivity contribution in [2.75, 3.05) is 18.9 Å². The molecule has 8 heteroatoms. The van der Waals surface area contributed by atoms with Crippen LogP contribution in [0.25, 0.3) is 0 Å². The first kappa shape index (κ1) is 20.3. The molecule has 0 radical (unpaired) electrons. The average Bonchev–Trinajstić information content (AvgIpc) is 3.34. The van der Waals surface area contributed by atoms with Gasteiger partial charge in [0.25, 0.3) is 5.56 Å². The summed E-state index contributed by atoms with van der Waals surface area (Å²) in [6.07, 6.45) is 8.66. The van der Waals surface area contributed by atoms with Gasteiger partial charge in [-0.2, -0.15) is 0 Å². The number of carbonyl (C=O) groups is 1. The normalized spacial score (nSPS) is 25.0. The first-order chi connectivity index (χ1) is 13.6. The minimum Gasteiger partial charge on any atom is -0.376 e. The van der Waals surface area contributed by atoms with Crippen LogP contribution in [0.5, 0.6) is 0 Å². The van der Waals surface area contributed by atoms with Crippen molar-refractivity contribution in [3.8, 4) is 0 Å². The molecule has 6 nitrogen and oxygen atoms in total. The summed E-state index contributed by atoms with van der Waals surface area (Å²) in [5, 5.41) is 4.08. The topological polar surface area (TPSA) is 73.2 Å². The Morgan fingerprint density at radius 2 is 2.11 bits per heavy atom. The minimum absolute atomic E-state index is 0.0202. The fraction of sp³-hybridized carbons (Fsp3) is 0.750.